The monoisotopic (exact) mass is 228 g/mol. The summed E-state index contributed by atoms with van der Waals surface area (Å²) in [4.78, 5) is 4.37. The van der Waals surface area contributed by atoms with E-state index in [4.69, 9.17) is 6.42 Å². The molecule has 0 aliphatic carbocycles. The molecule has 4 heteroatoms. The van der Waals surface area contributed by atoms with Crippen LogP contribution >= 0.6 is 0 Å². The summed E-state index contributed by atoms with van der Waals surface area (Å²) in [6, 6.07) is 3.90. The largest absolute Gasteiger partial charge is 0.339 e. The van der Waals surface area contributed by atoms with E-state index >= 15 is 0 Å². The highest BCUT2D eigenvalue weighted by Gasteiger charge is 2.12. The summed E-state index contributed by atoms with van der Waals surface area (Å²) in [5, 5.41) is 7.50. The summed E-state index contributed by atoms with van der Waals surface area (Å²) in [5.41, 5.74) is 1.96. The summed E-state index contributed by atoms with van der Waals surface area (Å²) in [5.74, 6) is 3.62. The van der Waals surface area contributed by atoms with Crippen LogP contribution in [0.4, 0.5) is 5.95 Å². The SMILES string of the molecule is C#CC(Nc1nc2ccc(C)cn2n1)C(C)C. The third kappa shape index (κ3) is 2.39. The van der Waals surface area contributed by atoms with Crippen LogP contribution in [0.25, 0.3) is 5.65 Å². The zero-order chi connectivity index (χ0) is 12.4. The average molecular weight is 228 g/mol. The summed E-state index contributed by atoms with van der Waals surface area (Å²) in [6.07, 6.45) is 7.40. The number of aryl methyl sites for hydroxylation is 1. The first kappa shape index (κ1) is 11.5. The topological polar surface area (TPSA) is 42.2 Å². The first-order valence-electron chi connectivity index (χ1n) is 5.66. The fourth-order valence-electron chi connectivity index (χ4n) is 1.59. The van der Waals surface area contributed by atoms with Crippen LogP contribution in [-0.2, 0) is 0 Å². The Labute approximate surface area is 101 Å². The Morgan fingerprint density at radius 1 is 1.41 bits per heavy atom. The van der Waals surface area contributed by atoms with E-state index in [-0.39, 0.29) is 6.04 Å². The second-order valence-electron chi connectivity index (χ2n) is 4.48. The maximum atomic E-state index is 5.47. The van der Waals surface area contributed by atoms with Crippen molar-refractivity contribution >= 4 is 11.6 Å². The second-order valence-corrected chi connectivity index (χ2v) is 4.48. The normalized spacial score (nSPS) is 12.6. The van der Waals surface area contributed by atoms with Crippen LogP contribution in [0.2, 0.25) is 0 Å². The van der Waals surface area contributed by atoms with Crippen molar-refractivity contribution in [2.24, 2.45) is 5.92 Å². The van der Waals surface area contributed by atoms with E-state index in [0.717, 1.165) is 11.2 Å². The molecule has 88 valence electrons. The Morgan fingerprint density at radius 3 is 2.82 bits per heavy atom. The molecule has 0 aliphatic rings. The smallest absolute Gasteiger partial charge is 0.244 e. The van der Waals surface area contributed by atoms with Gasteiger partial charge in [0.1, 0.15) is 0 Å². The minimum atomic E-state index is -0.0477. The van der Waals surface area contributed by atoms with E-state index in [0.29, 0.717) is 11.9 Å². The lowest BCUT2D eigenvalue weighted by molar-refractivity contribution is 0.610. The van der Waals surface area contributed by atoms with Crippen LogP contribution < -0.4 is 5.32 Å². The molecule has 0 aliphatic heterocycles. The summed E-state index contributed by atoms with van der Waals surface area (Å²) in [7, 11) is 0. The van der Waals surface area contributed by atoms with Gasteiger partial charge in [-0.3, -0.25) is 0 Å². The number of hydrogen-bond donors (Lipinski definition) is 1. The first-order valence-corrected chi connectivity index (χ1v) is 5.66. The zero-order valence-corrected chi connectivity index (χ0v) is 10.3. The number of aromatic nitrogens is 3. The van der Waals surface area contributed by atoms with Crippen molar-refractivity contribution in [2.45, 2.75) is 26.8 Å². The van der Waals surface area contributed by atoms with Crippen LogP contribution in [0, 0.1) is 25.2 Å². The van der Waals surface area contributed by atoms with Gasteiger partial charge in [-0.05, 0) is 24.5 Å². The van der Waals surface area contributed by atoms with Crippen molar-refractivity contribution in [3.05, 3.63) is 23.9 Å². The molecule has 0 saturated carbocycles. The molecular formula is C13H16N4. The quantitative estimate of drug-likeness (QED) is 0.818. The van der Waals surface area contributed by atoms with Gasteiger partial charge in [-0.1, -0.05) is 25.8 Å². The fourth-order valence-corrected chi connectivity index (χ4v) is 1.59. The number of pyridine rings is 1. The van der Waals surface area contributed by atoms with Gasteiger partial charge in [-0.25, -0.2) is 4.52 Å². The van der Waals surface area contributed by atoms with Crippen molar-refractivity contribution in [3.63, 3.8) is 0 Å². The molecule has 2 rings (SSSR count). The molecule has 0 aromatic carbocycles. The number of rotatable bonds is 3. The lowest BCUT2D eigenvalue weighted by Gasteiger charge is -2.14. The van der Waals surface area contributed by atoms with Crippen LogP contribution in [-0.4, -0.2) is 20.6 Å². The van der Waals surface area contributed by atoms with Crippen molar-refractivity contribution < 1.29 is 0 Å². The number of hydrogen-bond acceptors (Lipinski definition) is 3. The maximum Gasteiger partial charge on any atom is 0.244 e. The van der Waals surface area contributed by atoms with Gasteiger partial charge in [0.2, 0.25) is 5.95 Å². The molecule has 0 radical (unpaired) electrons. The van der Waals surface area contributed by atoms with E-state index in [1.54, 1.807) is 4.52 Å². The Balaban J connectivity index is 2.28. The summed E-state index contributed by atoms with van der Waals surface area (Å²) < 4.78 is 1.76. The molecule has 0 amide bonds. The number of anilines is 1. The lowest BCUT2D eigenvalue weighted by Crippen LogP contribution is -2.24. The standard InChI is InChI=1S/C13H16N4/c1-5-11(9(2)3)14-13-15-12-7-6-10(4)8-17(12)16-13/h1,6-9,11H,2-4H3,(H,14,16). The fraction of sp³-hybridized carbons (Fsp3) is 0.385. The Hall–Kier alpha value is -2.02. The Bertz CT molecular complexity index is 562. The van der Waals surface area contributed by atoms with E-state index in [2.05, 4.69) is 35.2 Å². The molecule has 1 unspecified atom stereocenters. The minimum Gasteiger partial charge on any atom is -0.339 e. The van der Waals surface area contributed by atoms with Gasteiger partial charge < -0.3 is 5.32 Å². The predicted octanol–water partition coefficient (Wildman–Crippen LogP) is 2.11. The highest BCUT2D eigenvalue weighted by atomic mass is 15.3. The molecule has 0 bridgehead atoms. The van der Waals surface area contributed by atoms with Gasteiger partial charge in [0.15, 0.2) is 5.65 Å². The van der Waals surface area contributed by atoms with E-state index < -0.39 is 0 Å². The predicted molar refractivity (Wildman–Crippen MR) is 68.8 cm³/mol. The third-order valence-electron chi connectivity index (χ3n) is 2.61. The molecular weight excluding hydrogens is 212 g/mol. The van der Waals surface area contributed by atoms with Crippen LogP contribution in [0.3, 0.4) is 0 Å². The highest BCUT2D eigenvalue weighted by molar-refractivity contribution is 5.45. The van der Waals surface area contributed by atoms with E-state index in [1.165, 1.54) is 0 Å². The van der Waals surface area contributed by atoms with Gasteiger partial charge in [-0.2, -0.15) is 4.98 Å². The molecule has 0 fully saturated rings. The van der Waals surface area contributed by atoms with Gasteiger partial charge in [0.05, 0.1) is 6.04 Å². The molecule has 1 atom stereocenters. The van der Waals surface area contributed by atoms with E-state index in [9.17, 15) is 0 Å². The third-order valence-corrected chi connectivity index (χ3v) is 2.61. The molecule has 2 aromatic rings. The number of nitrogens with one attached hydrogen (secondary N) is 1. The van der Waals surface area contributed by atoms with Gasteiger partial charge >= 0.3 is 0 Å². The number of nitrogens with zero attached hydrogens (tertiary/aromatic N) is 3. The van der Waals surface area contributed by atoms with Crippen molar-refractivity contribution in [2.75, 3.05) is 5.32 Å². The van der Waals surface area contributed by atoms with Crippen LogP contribution in [0.5, 0.6) is 0 Å². The molecule has 4 nitrogen and oxygen atoms in total. The number of fused-ring (bicyclic) bond motifs is 1. The second kappa shape index (κ2) is 4.46. The Kier molecular flexibility index (Phi) is 3.01. The summed E-state index contributed by atoms with van der Waals surface area (Å²) in [6.45, 7) is 6.15. The van der Waals surface area contributed by atoms with Crippen molar-refractivity contribution in [1.29, 1.82) is 0 Å². The van der Waals surface area contributed by atoms with Gasteiger partial charge in [0, 0.05) is 6.20 Å². The molecule has 2 aromatic heterocycles. The molecule has 1 N–H and O–H groups in total. The lowest BCUT2D eigenvalue weighted by atomic mass is 10.1. The molecule has 17 heavy (non-hydrogen) atoms. The van der Waals surface area contributed by atoms with E-state index in [1.807, 2.05) is 25.3 Å². The molecule has 2 heterocycles. The van der Waals surface area contributed by atoms with Gasteiger partial charge in [-0.15, -0.1) is 11.5 Å². The molecule has 0 saturated heterocycles. The zero-order valence-electron chi connectivity index (χ0n) is 10.3. The maximum absolute atomic E-state index is 5.47. The highest BCUT2D eigenvalue weighted by Crippen LogP contribution is 2.10. The van der Waals surface area contributed by atoms with Crippen molar-refractivity contribution in [3.8, 4) is 12.3 Å². The Morgan fingerprint density at radius 2 is 2.18 bits per heavy atom. The average Bonchev–Trinajstić information content (AvgIpc) is 2.66. The minimum absolute atomic E-state index is 0.0477. The summed E-state index contributed by atoms with van der Waals surface area (Å²) >= 11 is 0. The van der Waals surface area contributed by atoms with Crippen LogP contribution in [0.15, 0.2) is 18.3 Å². The molecule has 0 spiro atoms. The first-order chi connectivity index (χ1) is 8.10. The number of terminal acetylenes is 1. The van der Waals surface area contributed by atoms with Gasteiger partial charge in [0.25, 0.3) is 0 Å². The van der Waals surface area contributed by atoms with Crippen LogP contribution in [0.1, 0.15) is 19.4 Å². The van der Waals surface area contributed by atoms with Crippen molar-refractivity contribution in [1.82, 2.24) is 14.6 Å².